The maximum Gasteiger partial charge on any atom is 0.405 e. The number of aldehydes is 1. The summed E-state index contributed by atoms with van der Waals surface area (Å²) in [5.74, 6) is -1.68. The van der Waals surface area contributed by atoms with E-state index in [4.69, 9.17) is 5.11 Å². The zero-order valence-electron chi connectivity index (χ0n) is 19.2. The van der Waals surface area contributed by atoms with E-state index in [0.717, 1.165) is 0 Å². The van der Waals surface area contributed by atoms with Crippen LogP contribution in [0.15, 0.2) is 0 Å². The first-order valence-electron chi connectivity index (χ1n) is 10.5. The number of hydrogen-bond acceptors (Lipinski definition) is 5. The lowest BCUT2D eigenvalue weighted by Gasteiger charge is -2.32. The topological polar surface area (TPSA) is 154 Å². The summed E-state index contributed by atoms with van der Waals surface area (Å²) in [4.78, 5) is 60.3. The van der Waals surface area contributed by atoms with Crippen LogP contribution in [0.5, 0.6) is 0 Å². The molecule has 0 bridgehead atoms. The number of carbonyl (C=O) groups excluding carboxylic acids is 4. The van der Waals surface area contributed by atoms with Crippen molar-refractivity contribution >= 4 is 30.1 Å². The number of hydrogen-bond donors (Lipinski definition) is 5. The number of nitrogens with one attached hydrogen (secondary N) is 4. The van der Waals surface area contributed by atoms with Crippen molar-refractivity contribution in [2.24, 2.45) is 16.7 Å². The largest absolute Gasteiger partial charge is 0.465 e. The van der Waals surface area contributed by atoms with Gasteiger partial charge in [-0.25, -0.2) is 4.79 Å². The van der Waals surface area contributed by atoms with Gasteiger partial charge in [0.05, 0.1) is 6.04 Å². The highest BCUT2D eigenvalue weighted by molar-refractivity contribution is 5.92. The van der Waals surface area contributed by atoms with Crippen LogP contribution in [0.3, 0.4) is 0 Å². The summed E-state index contributed by atoms with van der Waals surface area (Å²) < 4.78 is 0. The summed E-state index contributed by atoms with van der Waals surface area (Å²) in [6.07, 6.45) is 0.285. The lowest BCUT2D eigenvalue weighted by molar-refractivity contribution is -0.133. The smallest absolute Gasteiger partial charge is 0.405 e. The third-order valence-electron chi connectivity index (χ3n) is 5.04. The molecule has 0 aromatic heterocycles. The van der Waals surface area contributed by atoms with Gasteiger partial charge in [-0.15, -0.1) is 0 Å². The van der Waals surface area contributed by atoms with E-state index in [1.165, 1.54) is 0 Å². The third-order valence-corrected chi connectivity index (χ3v) is 5.04. The number of carboxylic acid groups (broad SMARTS) is 1. The molecule has 10 heteroatoms. The standard InChI is InChI=1S/C21H36N4O6/c1-20(2,3)10-14(24-18(29)15(21(4,5)6)25-19(30)31)17(28)23-13(11-26)9-12-7-8-22-16(12)27/h11-15,25H,7-10H2,1-6H3,(H,22,27)(H,23,28)(H,24,29)(H,30,31). The molecular weight excluding hydrogens is 404 g/mol. The van der Waals surface area contributed by atoms with Crippen molar-refractivity contribution in [1.82, 2.24) is 21.3 Å². The van der Waals surface area contributed by atoms with Crippen molar-refractivity contribution < 1.29 is 29.1 Å². The van der Waals surface area contributed by atoms with E-state index in [1.807, 2.05) is 20.8 Å². The maximum absolute atomic E-state index is 13.0. The average Bonchev–Trinajstić information content (AvgIpc) is 3.00. The molecule has 0 aromatic rings. The molecule has 1 fully saturated rings. The van der Waals surface area contributed by atoms with Gasteiger partial charge in [0, 0.05) is 12.5 Å². The fourth-order valence-electron chi connectivity index (χ4n) is 3.48. The van der Waals surface area contributed by atoms with Gasteiger partial charge in [0.1, 0.15) is 18.4 Å². The first-order chi connectivity index (χ1) is 14.1. The molecule has 1 saturated heterocycles. The van der Waals surface area contributed by atoms with Crippen molar-refractivity contribution in [3.8, 4) is 0 Å². The van der Waals surface area contributed by atoms with Crippen molar-refractivity contribution in [3.63, 3.8) is 0 Å². The fraction of sp³-hybridized carbons (Fsp3) is 0.762. The molecule has 1 heterocycles. The summed E-state index contributed by atoms with van der Waals surface area (Å²) in [5, 5.41) is 19.3. The second kappa shape index (κ2) is 10.6. The first kappa shape index (κ1) is 26.4. The molecule has 0 saturated carbocycles. The Labute approximate surface area is 183 Å². The van der Waals surface area contributed by atoms with Crippen molar-refractivity contribution in [1.29, 1.82) is 0 Å². The summed E-state index contributed by atoms with van der Waals surface area (Å²) >= 11 is 0. The second-order valence-corrected chi connectivity index (χ2v) is 10.3. The van der Waals surface area contributed by atoms with E-state index < -0.39 is 41.4 Å². The minimum atomic E-state index is -1.34. The second-order valence-electron chi connectivity index (χ2n) is 10.3. The van der Waals surface area contributed by atoms with E-state index in [-0.39, 0.29) is 30.1 Å². The molecule has 1 rings (SSSR count). The third kappa shape index (κ3) is 8.94. The van der Waals surface area contributed by atoms with Crippen LogP contribution in [0.1, 0.15) is 60.8 Å². The Balaban J connectivity index is 2.96. The van der Waals surface area contributed by atoms with Crippen LogP contribution in [0, 0.1) is 16.7 Å². The van der Waals surface area contributed by atoms with Crippen LogP contribution < -0.4 is 21.3 Å². The molecular formula is C21H36N4O6. The highest BCUT2D eigenvalue weighted by Gasteiger charge is 2.37. The van der Waals surface area contributed by atoms with Gasteiger partial charge in [-0.2, -0.15) is 0 Å². The van der Waals surface area contributed by atoms with Crippen molar-refractivity contribution in [2.45, 2.75) is 78.9 Å². The molecule has 5 N–H and O–H groups in total. The maximum atomic E-state index is 13.0. The minimum Gasteiger partial charge on any atom is -0.465 e. The highest BCUT2D eigenvalue weighted by Crippen LogP contribution is 2.23. The van der Waals surface area contributed by atoms with Gasteiger partial charge in [-0.05, 0) is 30.1 Å². The molecule has 4 unspecified atom stereocenters. The molecule has 4 atom stereocenters. The normalized spacial score (nSPS) is 19.5. The van der Waals surface area contributed by atoms with Crippen LogP contribution in [0.25, 0.3) is 0 Å². The van der Waals surface area contributed by atoms with Gasteiger partial charge in [0.2, 0.25) is 17.7 Å². The van der Waals surface area contributed by atoms with Crippen molar-refractivity contribution in [3.05, 3.63) is 0 Å². The SMILES string of the molecule is CC(C)(C)CC(NC(=O)C(NC(=O)O)C(C)(C)C)C(=O)NC(C=O)CC1CCNC1=O. The molecule has 10 nitrogen and oxygen atoms in total. The summed E-state index contributed by atoms with van der Waals surface area (Å²) in [7, 11) is 0. The molecule has 0 radical (unpaired) electrons. The summed E-state index contributed by atoms with van der Waals surface area (Å²) in [6, 6.07) is -2.92. The van der Waals surface area contributed by atoms with Crippen LogP contribution in [-0.4, -0.2) is 59.9 Å². The van der Waals surface area contributed by atoms with E-state index in [0.29, 0.717) is 19.3 Å². The molecule has 1 aliphatic rings. The van der Waals surface area contributed by atoms with Gasteiger partial charge in [0.15, 0.2) is 0 Å². The van der Waals surface area contributed by atoms with E-state index >= 15 is 0 Å². The number of rotatable bonds is 9. The average molecular weight is 441 g/mol. The predicted octanol–water partition coefficient (Wildman–Crippen LogP) is 0.800. The van der Waals surface area contributed by atoms with Gasteiger partial charge in [-0.1, -0.05) is 41.5 Å². The molecule has 0 spiro atoms. The van der Waals surface area contributed by atoms with Crippen molar-refractivity contribution in [2.75, 3.05) is 6.54 Å². The summed E-state index contributed by atoms with van der Waals surface area (Å²) in [6.45, 7) is 11.4. The Kier molecular flexibility index (Phi) is 9.01. The zero-order valence-corrected chi connectivity index (χ0v) is 19.2. The highest BCUT2D eigenvalue weighted by atomic mass is 16.4. The van der Waals surface area contributed by atoms with Gasteiger partial charge in [0.25, 0.3) is 0 Å². The molecule has 0 aromatic carbocycles. The first-order valence-corrected chi connectivity index (χ1v) is 10.5. The Morgan fingerprint density at radius 2 is 1.71 bits per heavy atom. The van der Waals surface area contributed by atoms with Gasteiger partial charge >= 0.3 is 6.09 Å². The van der Waals surface area contributed by atoms with Crippen LogP contribution in [0.2, 0.25) is 0 Å². The molecule has 31 heavy (non-hydrogen) atoms. The lowest BCUT2D eigenvalue weighted by atomic mass is 9.84. The molecule has 4 amide bonds. The minimum absolute atomic E-state index is 0.145. The molecule has 176 valence electrons. The van der Waals surface area contributed by atoms with Crippen LogP contribution in [0.4, 0.5) is 4.79 Å². The Morgan fingerprint density at radius 1 is 1.10 bits per heavy atom. The van der Waals surface area contributed by atoms with E-state index in [2.05, 4.69) is 21.3 Å². The van der Waals surface area contributed by atoms with Crippen LogP contribution in [-0.2, 0) is 19.2 Å². The van der Waals surface area contributed by atoms with Gasteiger partial charge < -0.3 is 31.2 Å². The van der Waals surface area contributed by atoms with E-state index in [1.54, 1.807) is 20.8 Å². The molecule has 0 aliphatic carbocycles. The van der Waals surface area contributed by atoms with Crippen LogP contribution >= 0.6 is 0 Å². The number of carbonyl (C=O) groups is 5. The number of amides is 4. The molecule has 1 aliphatic heterocycles. The lowest BCUT2D eigenvalue weighted by Crippen LogP contribution is -2.59. The van der Waals surface area contributed by atoms with E-state index in [9.17, 15) is 24.0 Å². The van der Waals surface area contributed by atoms with Gasteiger partial charge in [-0.3, -0.25) is 14.4 Å². The fourth-order valence-corrected chi connectivity index (χ4v) is 3.48. The monoisotopic (exact) mass is 440 g/mol. The Morgan fingerprint density at radius 3 is 2.13 bits per heavy atom. The quantitative estimate of drug-likeness (QED) is 0.334. The Hall–Kier alpha value is -2.65. The zero-order chi connectivity index (χ0) is 24.0. The predicted molar refractivity (Wildman–Crippen MR) is 114 cm³/mol. The Bertz CT molecular complexity index is 695. The summed E-state index contributed by atoms with van der Waals surface area (Å²) in [5.41, 5.74) is -1.07.